The Hall–Kier alpha value is -2.25. The smallest absolute Gasteiger partial charge is 0.243 e. The zero-order valence-corrected chi connectivity index (χ0v) is 16.0. The molecule has 0 saturated carbocycles. The van der Waals surface area contributed by atoms with E-state index in [4.69, 9.17) is 0 Å². The summed E-state index contributed by atoms with van der Waals surface area (Å²) in [4.78, 5) is 12.8. The largest absolute Gasteiger partial charge is 0.352 e. The van der Waals surface area contributed by atoms with Crippen LogP contribution in [0.5, 0.6) is 0 Å². The molecule has 3 rings (SSSR count). The van der Waals surface area contributed by atoms with Gasteiger partial charge in [0.05, 0.1) is 10.8 Å². The number of piperidine rings is 1. The molecule has 1 atom stereocenters. The molecule has 1 saturated heterocycles. The molecular formula is C20H23FN2O3S. The fourth-order valence-corrected chi connectivity index (χ4v) is 4.81. The first-order chi connectivity index (χ1) is 12.9. The van der Waals surface area contributed by atoms with Crippen molar-refractivity contribution in [3.63, 3.8) is 0 Å². The minimum absolute atomic E-state index is 0.172. The molecule has 2 aromatic rings. The third-order valence-corrected chi connectivity index (χ3v) is 6.70. The average molecular weight is 390 g/mol. The molecule has 0 radical (unpaired) electrons. The Labute approximate surface area is 159 Å². The lowest BCUT2D eigenvalue weighted by molar-refractivity contribution is -0.126. The predicted octanol–water partition coefficient (Wildman–Crippen LogP) is 2.85. The Morgan fingerprint density at radius 2 is 1.96 bits per heavy atom. The van der Waals surface area contributed by atoms with Crippen molar-refractivity contribution in [2.75, 3.05) is 13.1 Å². The van der Waals surface area contributed by atoms with E-state index in [1.807, 2.05) is 0 Å². The van der Waals surface area contributed by atoms with Crippen LogP contribution in [0.1, 0.15) is 24.0 Å². The lowest BCUT2D eigenvalue weighted by atomic mass is 9.98. The molecule has 0 bridgehead atoms. The van der Waals surface area contributed by atoms with Gasteiger partial charge in [-0.25, -0.2) is 12.8 Å². The van der Waals surface area contributed by atoms with Crippen LogP contribution < -0.4 is 5.32 Å². The third kappa shape index (κ3) is 4.54. The maximum absolute atomic E-state index is 13.3. The molecule has 1 aliphatic heterocycles. The van der Waals surface area contributed by atoms with E-state index in [2.05, 4.69) is 5.32 Å². The number of hydrogen-bond acceptors (Lipinski definition) is 3. The predicted molar refractivity (Wildman–Crippen MR) is 101 cm³/mol. The highest BCUT2D eigenvalue weighted by molar-refractivity contribution is 7.89. The number of amides is 1. The number of hydrogen-bond donors (Lipinski definition) is 1. The summed E-state index contributed by atoms with van der Waals surface area (Å²) in [5.74, 6) is -0.845. The molecule has 0 aromatic heterocycles. The number of sulfonamides is 1. The lowest BCUT2D eigenvalue weighted by Crippen LogP contribution is -2.45. The van der Waals surface area contributed by atoms with Crippen molar-refractivity contribution in [3.8, 4) is 0 Å². The highest BCUT2D eigenvalue weighted by atomic mass is 32.2. The fraction of sp³-hybridized carbons (Fsp3) is 0.350. The maximum Gasteiger partial charge on any atom is 0.243 e. The van der Waals surface area contributed by atoms with Gasteiger partial charge in [-0.05, 0) is 49.1 Å². The zero-order valence-electron chi connectivity index (χ0n) is 15.2. The SMILES string of the molecule is Cc1cc(CNC(=O)C2CCCN(S(=O)(=O)c3ccccc3)C2)ccc1F. The van der Waals surface area contributed by atoms with Crippen molar-refractivity contribution < 1.29 is 17.6 Å². The normalized spacial score (nSPS) is 18.2. The minimum Gasteiger partial charge on any atom is -0.352 e. The molecular weight excluding hydrogens is 367 g/mol. The van der Waals surface area contributed by atoms with E-state index < -0.39 is 15.9 Å². The molecule has 0 aliphatic carbocycles. The van der Waals surface area contributed by atoms with Gasteiger partial charge in [0.15, 0.2) is 0 Å². The third-order valence-electron chi connectivity index (χ3n) is 4.82. The quantitative estimate of drug-likeness (QED) is 0.854. The van der Waals surface area contributed by atoms with Gasteiger partial charge in [-0.3, -0.25) is 4.79 Å². The van der Waals surface area contributed by atoms with Gasteiger partial charge in [0.1, 0.15) is 5.82 Å². The van der Waals surface area contributed by atoms with Gasteiger partial charge < -0.3 is 5.32 Å². The van der Waals surface area contributed by atoms with Gasteiger partial charge >= 0.3 is 0 Å². The molecule has 7 heteroatoms. The Morgan fingerprint density at radius 1 is 1.22 bits per heavy atom. The number of nitrogens with zero attached hydrogens (tertiary/aromatic N) is 1. The Bertz CT molecular complexity index is 916. The summed E-state index contributed by atoms with van der Waals surface area (Å²) in [7, 11) is -3.59. The number of benzene rings is 2. The van der Waals surface area contributed by atoms with Crippen LogP contribution in [0.4, 0.5) is 4.39 Å². The zero-order chi connectivity index (χ0) is 19.4. The monoisotopic (exact) mass is 390 g/mol. The highest BCUT2D eigenvalue weighted by Gasteiger charge is 2.33. The average Bonchev–Trinajstić information content (AvgIpc) is 2.69. The molecule has 1 heterocycles. The van der Waals surface area contributed by atoms with Crippen molar-refractivity contribution >= 4 is 15.9 Å². The van der Waals surface area contributed by atoms with E-state index in [0.29, 0.717) is 31.5 Å². The van der Waals surface area contributed by atoms with Crippen LogP contribution in [-0.4, -0.2) is 31.7 Å². The fourth-order valence-electron chi connectivity index (χ4n) is 3.27. The van der Waals surface area contributed by atoms with Crippen LogP contribution in [-0.2, 0) is 21.4 Å². The number of aryl methyl sites for hydroxylation is 1. The summed E-state index contributed by atoms with van der Waals surface area (Å²) in [6.07, 6.45) is 1.29. The Morgan fingerprint density at radius 3 is 2.67 bits per heavy atom. The first-order valence-electron chi connectivity index (χ1n) is 8.96. The molecule has 1 unspecified atom stereocenters. The van der Waals surface area contributed by atoms with Crippen LogP contribution in [0.25, 0.3) is 0 Å². The Balaban J connectivity index is 1.63. The van der Waals surface area contributed by atoms with Crippen molar-refractivity contribution in [2.45, 2.75) is 31.2 Å². The van der Waals surface area contributed by atoms with Gasteiger partial charge in [-0.2, -0.15) is 4.31 Å². The summed E-state index contributed by atoms with van der Waals surface area (Å²) in [6, 6.07) is 13.0. The summed E-state index contributed by atoms with van der Waals surface area (Å²) >= 11 is 0. The van der Waals surface area contributed by atoms with E-state index in [1.165, 1.54) is 10.4 Å². The van der Waals surface area contributed by atoms with E-state index in [9.17, 15) is 17.6 Å². The van der Waals surface area contributed by atoms with Crippen molar-refractivity contribution in [1.82, 2.24) is 9.62 Å². The van der Waals surface area contributed by atoms with Crippen LogP contribution in [0, 0.1) is 18.7 Å². The van der Waals surface area contributed by atoms with Gasteiger partial charge in [-0.15, -0.1) is 0 Å². The first-order valence-corrected chi connectivity index (χ1v) is 10.4. The lowest BCUT2D eigenvalue weighted by Gasteiger charge is -2.31. The van der Waals surface area contributed by atoms with Crippen molar-refractivity contribution in [2.24, 2.45) is 5.92 Å². The molecule has 2 aromatic carbocycles. The van der Waals surface area contributed by atoms with E-state index >= 15 is 0 Å². The van der Waals surface area contributed by atoms with E-state index in [0.717, 1.165) is 5.56 Å². The maximum atomic E-state index is 13.3. The summed E-state index contributed by atoms with van der Waals surface area (Å²) < 4.78 is 40.2. The number of carbonyl (C=O) groups is 1. The topological polar surface area (TPSA) is 66.5 Å². The molecule has 1 N–H and O–H groups in total. The van der Waals surface area contributed by atoms with Crippen LogP contribution >= 0.6 is 0 Å². The second-order valence-corrected chi connectivity index (χ2v) is 8.75. The van der Waals surface area contributed by atoms with Crippen molar-refractivity contribution in [1.29, 1.82) is 0 Å². The van der Waals surface area contributed by atoms with E-state index in [-0.39, 0.29) is 23.2 Å². The number of carbonyl (C=O) groups excluding carboxylic acids is 1. The molecule has 5 nitrogen and oxygen atoms in total. The second-order valence-electron chi connectivity index (χ2n) is 6.82. The van der Waals surface area contributed by atoms with Gasteiger partial charge in [0, 0.05) is 19.6 Å². The number of rotatable bonds is 5. The molecule has 0 spiro atoms. The molecule has 1 aliphatic rings. The van der Waals surface area contributed by atoms with Crippen LogP contribution in [0.2, 0.25) is 0 Å². The molecule has 1 fully saturated rings. The van der Waals surface area contributed by atoms with Gasteiger partial charge in [-0.1, -0.05) is 30.3 Å². The van der Waals surface area contributed by atoms with Crippen LogP contribution in [0.3, 0.4) is 0 Å². The molecule has 27 heavy (non-hydrogen) atoms. The van der Waals surface area contributed by atoms with E-state index in [1.54, 1.807) is 49.4 Å². The van der Waals surface area contributed by atoms with Gasteiger partial charge in [0.25, 0.3) is 0 Å². The minimum atomic E-state index is -3.59. The summed E-state index contributed by atoms with van der Waals surface area (Å²) in [6.45, 7) is 2.56. The molecule has 1 amide bonds. The van der Waals surface area contributed by atoms with Crippen LogP contribution in [0.15, 0.2) is 53.4 Å². The standard InChI is InChI=1S/C20H23FN2O3S/c1-15-12-16(9-10-19(15)21)13-22-20(24)17-6-5-11-23(14-17)27(25,26)18-7-3-2-4-8-18/h2-4,7-10,12,17H,5-6,11,13-14H2,1H3,(H,22,24). The highest BCUT2D eigenvalue weighted by Crippen LogP contribution is 2.24. The summed E-state index contributed by atoms with van der Waals surface area (Å²) in [5.41, 5.74) is 1.34. The van der Waals surface area contributed by atoms with Crippen molar-refractivity contribution in [3.05, 3.63) is 65.5 Å². The first kappa shape index (κ1) is 19.5. The number of halogens is 1. The molecule has 144 valence electrons. The Kier molecular flexibility index (Phi) is 5.92. The number of nitrogens with one attached hydrogen (secondary N) is 1. The second kappa shape index (κ2) is 8.19. The summed E-state index contributed by atoms with van der Waals surface area (Å²) in [5, 5.41) is 2.84. The van der Waals surface area contributed by atoms with Gasteiger partial charge in [0.2, 0.25) is 15.9 Å².